The molecule has 2 aromatic rings. The molecule has 0 aliphatic carbocycles. The van der Waals surface area contributed by atoms with Gasteiger partial charge in [0.15, 0.2) is 0 Å². The molecule has 0 aromatic heterocycles. The second kappa shape index (κ2) is 8.02. The van der Waals surface area contributed by atoms with Crippen LogP contribution in [0.1, 0.15) is 59.6 Å². The van der Waals surface area contributed by atoms with Crippen LogP contribution in [0.2, 0.25) is 0 Å². The molecule has 4 heteroatoms. The van der Waals surface area contributed by atoms with E-state index in [1.807, 2.05) is 6.07 Å². The van der Waals surface area contributed by atoms with Crippen LogP contribution in [-0.4, -0.2) is 37.1 Å². The Kier molecular flexibility index (Phi) is 6.04. The normalized spacial score (nSPS) is 23.3. The molecule has 0 N–H and O–H groups in total. The average molecular weight is 387 g/mol. The van der Waals surface area contributed by atoms with E-state index >= 15 is 0 Å². The Morgan fingerprint density at radius 1 is 0.964 bits per heavy atom. The monoisotopic (exact) mass is 386 g/mol. The minimum Gasteiger partial charge on any atom is -0.496 e. The SMILES string of the molecule is COc1cc2ccccc2cc1[C@H]1CC(OC(C)(C)C)C(COC(C)(C)C)O1. The third kappa shape index (κ3) is 5.25. The van der Waals surface area contributed by atoms with Crippen molar-refractivity contribution in [2.24, 2.45) is 0 Å². The van der Waals surface area contributed by atoms with Gasteiger partial charge < -0.3 is 18.9 Å². The number of methoxy groups -OCH3 is 1. The molecule has 3 atom stereocenters. The molecule has 1 saturated heterocycles. The fraction of sp³-hybridized carbons (Fsp3) is 0.583. The first kappa shape index (κ1) is 21.1. The van der Waals surface area contributed by atoms with Crippen LogP contribution in [0.4, 0.5) is 0 Å². The molecule has 0 spiro atoms. The highest BCUT2D eigenvalue weighted by Crippen LogP contribution is 2.41. The number of hydrogen-bond donors (Lipinski definition) is 0. The van der Waals surface area contributed by atoms with Crippen LogP contribution in [0, 0.1) is 0 Å². The molecule has 2 aromatic carbocycles. The summed E-state index contributed by atoms with van der Waals surface area (Å²) < 4.78 is 24.5. The van der Waals surface area contributed by atoms with Crippen LogP contribution in [-0.2, 0) is 14.2 Å². The van der Waals surface area contributed by atoms with Gasteiger partial charge in [0.05, 0.1) is 37.1 Å². The van der Waals surface area contributed by atoms with Crippen molar-refractivity contribution in [2.45, 2.75) is 77.5 Å². The van der Waals surface area contributed by atoms with E-state index < -0.39 is 0 Å². The summed E-state index contributed by atoms with van der Waals surface area (Å²) in [7, 11) is 1.71. The molecule has 0 amide bonds. The molecule has 0 saturated carbocycles. The lowest BCUT2D eigenvalue weighted by atomic mass is 9.99. The maximum Gasteiger partial charge on any atom is 0.125 e. The van der Waals surface area contributed by atoms with Crippen molar-refractivity contribution in [1.82, 2.24) is 0 Å². The van der Waals surface area contributed by atoms with E-state index in [9.17, 15) is 0 Å². The smallest absolute Gasteiger partial charge is 0.125 e. The van der Waals surface area contributed by atoms with Gasteiger partial charge in [-0.25, -0.2) is 0 Å². The first-order valence-electron chi connectivity index (χ1n) is 10.1. The molecule has 28 heavy (non-hydrogen) atoms. The van der Waals surface area contributed by atoms with Crippen molar-refractivity contribution in [3.05, 3.63) is 42.0 Å². The van der Waals surface area contributed by atoms with Crippen LogP contribution in [0.25, 0.3) is 10.8 Å². The van der Waals surface area contributed by atoms with E-state index in [1.54, 1.807) is 7.11 Å². The maximum absolute atomic E-state index is 6.46. The van der Waals surface area contributed by atoms with E-state index in [0.717, 1.165) is 23.1 Å². The van der Waals surface area contributed by atoms with Crippen molar-refractivity contribution >= 4 is 10.8 Å². The molecule has 0 bridgehead atoms. The second-order valence-electron chi connectivity index (χ2n) is 9.53. The van der Waals surface area contributed by atoms with Gasteiger partial charge in [0.2, 0.25) is 0 Å². The largest absolute Gasteiger partial charge is 0.496 e. The molecule has 154 valence electrons. The van der Waals surface area contributed by atoms with E-state index in [0.29, 0.717) is 6.61 Å². The van der Waals surface area contributed by atoms with E-state index in [2.05, 4.69) is 71.9 Å². The van der Waals surface area contributed by atoms with Crippen molar-refractivity contribution in [3.8, 4) is 5.75 Å². The Morgan fingerprint density at radius 2 is 1.61 bits per heavy atom. The van der Waals surface area contributed by atoms with Gasteiger partial charge >= 0.3 is 0 Å². The summed E-state index contributed by atoms with van der Waals surface area (Å²) in [4.78, 5) is 0. The maximum atomic E-state index is 6.46. The summed E-state index contributed by atoms with van der Waals surface area (Å²) >= 11 is 0. The van der Waals surface area contributed by atoms with Crippen LogP contribution in [0.3, 0.4) is 0 Å². The number of ether oxygens (including phenoxy) is 4. The highest BCUT2D eigenvalue weighted by molar-refractivity contribution is 5.85. The first-order valence-corrected chi connectivity index (χ1v) is 10.1. The van der Waals surface area contributed by atoms with Crippen LogP contribution < -0.4 is 4.74 Å². The summed E-state index contributed by atoms with van der Waals surface area (Å²) in [6.07, 6.45) is 0.563. The minimum atomic E-state index is -0.240. The average Bonchev–Trinajstić information content (AvgIpc) is 2.99. The topological polar surface area (TPSA) is 36.9 Å². The van der Waals surface area contributed by atoms with Gasteiger partial charge in [0, 0.05) is 12.0 Å². The van der Waals surface area contributed by atoms with Crippen LogP contribution >= 0.6 is 0 Å². The summed E-state index contributed by atoms with van der Waals surface area (Å²) in [6, 6.07) is 12.6. The Bertz CT molecular complexity index is 800. The number of rotatable bonds is 5. The van der Waals surface area contributed by atoms with Crippen LogP contribution in [0.15, 0.2) is 36.4 Å². The Balaban J connectivity index is 1.88. The van der Waals surface area contributed by atoms with Gasteiger partial charge in [-0.3, -0.25) is 0 Å². The molecule has 1 fully saturated rings. The molecule has 3 rings (SSSR count). The van der Waals surface area contributed by atoms with Gasteiger partial charge in [0.25, 0.3) is 0 Å². The van der Waals surface area contributed by atoms with Crippen molar-refractivity contribution < 1.29 is 18.9 Å². The number of benzene rings is 2. The Morgan fingerprint density at radius 3 is 2.18 bits per heavy atom. The molecule has 0 radical (unpaired) electrons. The summed E-state index contributed by atoms with van der Waals surface area (Å²) in [5.74, 6) is 0.857. The molecule has 1 aliphatic heterocycles. The van der Waals surface area contributed by atoms with Gasteiger partial charge in [0.1, 0.15) is 11.9 Å². The Hall–Kier alpha value is -1.62. The molecule has 1 aliphatic rings. The Labute approximate surface area is 169 Å². The van der Waals surface area contributed by atoms with Crippen molar-refractivity contribution in [1.29, 1.82) is 0 Å². The number of hydrogen-bond acceptors (Lipinski definition) is 4. The standard InChI is InChI=1S/C24H34O4/c1-23(2,3)26-15-22-21(28-24(4,5)6)14-20(27-22)18-12-16-10-8-9-11-17(16)13-19(18)25-7/h8-13,20-22H,14-15H2,1-7H3/t20-,21?,22?/m1/s1. The zero-order valence-electron chi connectivity index (χ0n) is 18.2. The lowest BCUT2D eigenvalue weighted by Crippen LogP contribution is -2.37. The first-order chi connectivity index (χ1) is 13.1. The molecule has 1 heterocycles. The predicted octanol–water partition coefficient (Wildman–Crippen LogP) is 5.68. The molecule has 4 nitrogen and oxygen atoms in total. The van der Waals surface area contributed by atoms with Crippen molar-refractivity contribution in [2.75, 3.05) is 13.7 Å². The van der Waals surface area contributed by atoms with Gasteiger partial charge in [-0.15, -0.1) is 0 Å². The fourth-order valence-electron chi connectivity index (χ4n) is 3.64. The predicted molar refractivity (Wildman–Crippen MR) is 113 cm³/mol. The lowest BCUT2D eigenvalue weighted by Gasteiger charge is -2.29. The molecular weight excluding hydrogens is 352 g/mol. The van der Waals surface area contributed by atoms with Gasteiger partial charge in [-0.2, -0.15) is 0 Å². The van der Waals surface area contributed by atoms with E-state index in [1.165, 1.54) is 5.39 Å². The highest BCUT2D eigenvalue weighted by atomic mass is 16.6. The zero-order chi connectivity index (χ0) is 20.5. The quantitative estimate of drug-likeness (QED) is 0.663. The fourth-order valence-corrected chi connectivity index (χ4v) is 3.64. The summed E-state index contributed by atoms with van der Waals surface area (Å²) in [5.41, 5.74) is 0.618. The van der Waals surface area contributed by atoms with Crippen LogP contribution in [0.5, 0.6) is 5.75 Å². The minimum absolute atomic E-state index is 0.0245. The van der Waals surface area contributed by atoms with E-state index in [-0.39, 0.29) is 29.5 Å². The third-order valence-corrected chi connectivity index (χ3v) is 4.83. The molecule has 2 unspecified atom stereocenters. The highest BCUT2D eigenvalue weighted by Gasteiger charge is 2.40. The number of fused-ring (bicyclic) bond motifs is 1. The van der Waals surface area contributed by atoms with E-state index in [4.69, 9.17) is 18.9 Å². The second-order valence-corrected chi connectivity index (χ2v) is 9.53. The van der Waals surface area contributed by atoms with Gasteiger partial charge in [-0.05, 0) is 64.4 Å². The third-order valence-electron chi connectivity index (χ3n) is 4.83. The zero-order valence-corrected chi connectivity index (χ0v) is 18.2. The summed E-state index contributed by atoms with van der Waals surface area (Å²) in [5, 5.41) is 2.35. The molecular formula is C24H34O4. The van der Waals surface area contributed by atoms with Crippen molar-refractivity contribution in [3.63, 3.8) is 0 Å². The summed E-state index contributed by atoms with van der Waals surface area (Å²) in [6.45, 7) is 12.9. The van der Waals surface area contributed by atoms with Gasteiger partial charge in [-0.1, -0.05) is 24.3 Å². The lowest BCUT2D eigenvalue weighted by molar-refractivity contribution is -0.128.